The number of nitrogens with one attached hydrogen (secondary N) is 1. The molecule has 1 aliphatic heterocycles. The van der Waals surface area contributed by atoms with Gasteiger partial charge in [0.1, 0.15) is 18.1 Å². The Morgan fingerprint density at radius 3 is 2.62 bits per heavy atom. The lowest BCUT2D eigenvalue weighted by Crippen LogP contribution is -2.36. The number of hydrogen-bond acceptors (Lipinski definition) is 7. The zero-order valence-electron chi connectivity index (χ0n) is 17.6. The summed E-state index contributed by atoms with van der Waals surface area (Å²) >= 11 is 6.52. The Morgan fingerprint density at radius 1 is 1.18 bits per heavy atom. The average molecular weight is 498 g/mol. The molecule has 4 rings (SSSR count). The van der Waals surface area contributed by atoms with E-state index in [1.54, 1.807) is 12.1 Å². The molecule has 1 fully saturated rings. The van der Waals surface area contributed by atoms with Crippen LogP contribution in [0.2, 0.25) is 5.02 Å². The van der Waals surface area contributed by atoms with Gasteiger partial charge >= 0.3 is 0 Å². The number of carbonyl (C=O) groups is 3. The number of imide groups is 1. The molecule has 1 aliphatic rings. The number of anilines is 1. The molecular weight excluding hydrogens is 482 g/mol. The first kappa shape index (κ1) is 23.3. The van der Waals surface area contributed by atoms with Crippen LogP contribution in [0.5, 0.6) is 0 Å². The van der Waals surface area contributed by atoms with Gasteiger partial charge in [-0.2, -0.15) is 0 Å². The second kappa shape index (κ2) is 9.54. The number of thioether (sulfide) groups is 1. The summed E-state index contributed by atoms with van der Waals surface area (Å²) in [6, 6.07) is 14.3. The summed E-state index contributed by atoms with van der Waals surface area (Å²) in [5, 5.41) is 13.6. The van der Waals surface area contributed by atoms with Gasteiger partial charge in [0.25, 0.3) is 16.8 Å². The lowest BCUT2D eigenvalue weighted by molar-refractivity contribution is -0.384. The molecule has 34 heavy (non-hydrogen) atoms. The minimum atomic E-state index is -0.635. The van der Waals surface area contributed by atoms with Gasteiger partial charge < -0.3 is 9.73 Å². The van der Waals surface area contributed by atoms with Gasteiger partial charge in [0.05, 0.1) is 15.4 Å². The fourth-order valence-corrected chi connectivity index (χ4v) is 4.17. The van der Waals surface area contributed by atoms with Gasteiger partial charge in [-0.05, 0) is 55.1 Å². The largest absolute Gasteiger partial charge is 0.456 e. The lowest BCUT2D eigenvalue weighted by atomic mass is 10.1. The molecule has 0 radical (unpaired) electrons. The van der Waals surface area contributed by atoms with Crippen LogP contribution in [0, 0.1) is 17.0 Å². The molecule has 0 bridgehead atoms. The van der Waals surface area contributed by atoms with Crippen LogP contribution in [0.4, 0.5) is 16.2 Å². The molecular formula is C23H16ClN3O6S. The Bertz CT molecular complexity index is 1350. The maximum absolute atomic E-state index is 12.7. The summed E-state index contributed by atoms with van der Waals surface area (Å²) in [4.78, 5) is 49.0. The third kappa shape index (κ3) is 5.03. The van der Waals surface area contributed by atoms with Crippen LogP contribution in [0.1, 0.15) is 11.3 Å². The SMILES string of the molecule is Cc1ccc(NC(=O)CN2C(=O)S/C(=C/c3ccc(-c4ccc(Cl)cc4[N+](=O)[O-])o3)C2=O)cc1. The summed E-state index contributed by atoms with van der Waals surface area (Å²) < 4.78 is 5.65. The van der Waals surface area contributed by atoms with E-state index in [0.29, 0.717) is 17.4 Å². The molecule has 2 heterocycles. The molecule has 172 valence electrons. The highest BCUT2D eigenvalue weighted by molar-refractivity contribution is 8.18. The number of rotatable bonds is 6. The third-order valence-corrected chi connectivity index (χ3v) is 5.98. The number of carbonyl (C=O) groups excluding carboxylic acids is 3. The Balaban J connectivity index is 1.49. The average Bonchev–Trinajstić information content (AvgIpc) is 3.35. The first-order valence-corrected chi connectivity index (χ1v) is 11.1. The highest BCUT2D eigenvalue weighted by Gasteiger charge is 2.36. The van der Waals surface area contributed by atoms with E-state index in [1.165, 1.54) is 36.4 Å². The molecule has 0 saturated carbocycles. The first-order valence-electron chi connectivity index (χ1n) is 9.87. The minimum absolute atomic E-state index is 0.0691. The molecule has 0 atom stereocenters. The molecule has 9 nitrogen and oxygen atoms in total. The predicted octanol–water partition coefficient (Wildman–Crippen LogP) is 5.49. The zero-order valence-corrected chi connectivity index (χ0v) is 19.2. The fraction of sp³-hybridized carbons (Fsp3) is 0.0870. The normalized spacial score (nSPS) is 14.6. The van der Waals surface area contributed by atoms with Crippen LogP contribution in [0.25, 0.3) is 17.4 Å². The molecule has 0 unspecified atom stereocenters. The van der Waals surface area contributed by atoms with Crippen LogP contribution in [-0.4, -0.2) is 33.4 Å². The molecule has 0 spiro atoms. The van der Waals surface area contributed by atoms with Crippen LogP contribution >= 0.6 is 23.4 Å². The van der Waals surface area contributed by atoms with Crippen molar-refractivity contribution in [2.45, 2.75) is 6.92 Å². The topological polar surface area (TPSA) is 123 Å². The van der Waals surface area contributed by atoms with E-state index in [1.807, 2.05) is 19.1 Å². The van der Waals surface area contributed by atoms with Crippen molar-refractivity contribution in [3.8, 4) is 11.3 Å². The van der Waals surface area contributed by atoms with Crippen molar-refractivity contribution in [1.29, 1.82) is 0 Å². The second-order valence-corrected chi connectivity index (χ2v) is 8.73. The Labute approximate surface area is 202 Å². The summed E-state index contributed by atoms with van der Waals surface area (Å²) in [6.45, 7) is 1.48. The molecule has 3 amide bonds. The molecule has 1 N–H and O–H groups in total. The van der Waals surface area contributed by atoms with E-state index in [4.69, 9.17) is 16.0 Å². The number of aryl methyl sites for hydroxylation is 1. The lowest BCUT2D eigenvalue weighted by Gasteiger charge is -2.12. The standard InChI is InChI=1S/C23H16ClN3O6S/c1-13-2-5-15(6-3-13)25-21(28)12-26-22(29)20(34-23(26)30)11-16-7-9-19(33-16)17-8-4-14(24)10-18(17)27(31)32/h2-11H,12H2,1H3,(H,25,28)/b20-11+. The Kier molecular flexibility index (Phi) is 6.53. The van der Waals surface area contributed by atoms with Crippen LogP contribution < -0.4 is 5.32 Å². The van der Waals surface area contributed by atoms with Gasteiger partial charge in [-0.3, -0.25) is 29.4 Å². The monoisotopic (exact) mass is 497 g/mol. The highest BCUT2D eigenvalue weighted by Crippen LogP contribution is 2.36. The van der Waals surface area contributed by atoms with Crippen molar-refractivity contribution in [1.82, 2.24) is 4.90 Å². The van der Waals surface area contributed by atoms with E-state index < -0.39 is 28.5 Å². The number of nitro benzene ring substituents is 1. The maximum Gasteiger partial charge on any atom is 0.294 e. The van der Waals surface area contributed by atoms with Gasteiger partial charge in [-0.25, -0.2) is 0 Å². The van der Waals surface area contributed by atoms with Crippen LogP contribution in [-0.2, 0) is 9.59 Å². The highest BCUT2D eigenvalue weighted by atomic mass is 35.5. The van der Waals surface area contributed by atoms with Crippen molar-refractivity contribution in [2.24, 2.45) is 0 Å². The summed E-state index contributed by atoms with van der Waals surface area (Å²) in [5.41, 5.74) is 1.57. The third-order valence-electron chi connectivity index (χ3n) is 4.83. The summed E-state index contributed by atoms with van der Waals surface area (Å²) in [6.07, 6.45) is 1.36. The van der Waals surface area contributed by atoms with Gasteiger partial charge in [-0.15, -0.1) is 0 Å². The molecule has 1 saturated heterocycles. The van der Waals surface area contributed by atoms with E-state index >= 15 is 0 Å². The summed E-state index contributed by atoms with van der Waals surface area (Å²) in [5.74, 6) is -0.729. The van der Waals surface area contributed by atoms with E-state index in [-0.39, 0.29) is 32.7 Å². The molecule has 0 aliphatic carbocycles. The van der Waals surface area contributed by atoms with Crippen molar-refractivity contribution in [3.05, 3.63) is 86.0 Å². The van der Waals surface area contributed by atoms with E-state index in [9.17, 15) is 24.5 Å². The maximum atomic E-state index is 12.7. The number of nitro groups is 1. The Hall–Kier alpha value is -3.89. The number of nitrogens with zero attached hydrogens (tertiary/aromatic N) is 2. The van der Waals surface area contributed by atoms with Crippen molar-refractivity contribution < 1.29 is 23.7 Å². The number of amides is 3. The first-order chi connectivity index (χ1) is 16.2. The predicted molar refractivity (Wildman–Crippen MR) is 128 cm³/mol. The number of furan rings is 1. The van der Waals surface area contributed by atoms with Crippen molar-refractivity contribution >= 4 is 57.9 Å². The Morgan fingerprint density at radius 2 is 1.91 bits per heavy atom. The quantitative estimate of drug-likeness (QED) is 0.271. The number of benzene rings is 2. The van der Waals surface area contributed by atoms with Gasteiger partial charge in [0, 0.05) is 22.9 Å². The van der Waals surface area contributed by atoms with Crippen LogP contribution in [0.3, 0.4) is 0 Å². The van der Waals surface area contributed by atoms with Crippen LogP contribution in [0.15, 0.2) is 63.9 Å². The minimum Gasteiger partial charge on any atom is -0.456 e. The van der Waals surface area contributed by atoms with Gasteiger partial charge in [0.15, 0.2) is 0 Å². The number of hydrogen-bond donors (Lipinski definition) is 1. The fourth-order valence-electron chi connectivity index (χ4n) is 3.19. The molecule has 2 aromatic carbocycles. The van der Waals surface area contributed by atoms with E-state index in [0.717, 1.165) is 10.5 Å². The van der Waals surface area contributed by atoms with Gasteiger partial charge in [-0.1, -0.05) is 29.3 Å². The smallest absolute Gasteiger partial charge is 0.294 e. The zero-order chi connectivity index (χ0) is 24.4. The summed E-state index contributed by atoms with van der Waals surface area (Å²) in [7, 11) is 0. The molecule has 3 aromatic rings. The second-order valence-electron chi connectivity index (χ2n) is 7.30. The van der Waals surface area contributed by atoms with E-state index in [2.05, 4.69) is 5.32 Å². The molecule has 1 aromatic heterocycles. The number of halogens is 1. The molecule has 11 heteroatoms. The van der Waals surface area contributed by atoms with Crippen molar-refractivity contribution in [3.63, 3.8) is 0 Å². The van der Waals surface area contributed by atoms with Gasteiger partial charge in [0.2, 0.25) is 5.91 Å². The van der Waals surface area contributed by atoms with Crippen molar-refractivity contribution in [2.75, 3.05) is 11.9 Å².